The molecular formula is C27H29FN2O2. The maximum atomic E-state index is 14.1. The maximum Gasteiger partial charge on any atom is 0.127 e. The summed E-state index contributed by atoms with van der Waals surface area (Å²) < 4.78 is 22.3. The molecule has 5 heteroatoms. The van der Waals surface area contributed by atoms with Crippen LogP contribution in [0, 0.1) is 5.82 Å². The zero-order valence-corrected chi connectivity index (χ0v) is 18.6. The van der Waals surface area contributed by atoms with Crippen molar-refractivity contribution in [2.45, 2.75) is 32.1 Å². The number of hydrogen-bond acceptors (Lipinski definition) is 3. The SMILES string of the molecule is CNCC(O)C(c1cccc(F)c1)n1cc(-c2ccccc2OC(C)C)c2ccccc21. The molecule has 4 nitrogen and oxygen atoms in total. The standard InChI is InChI=1S/C27H29FN2O2/c1-18(2)32-26-14-7-5-12-22(26)23-17-30(24-13-6-4-11-21(23)24)27(25(31)16-29-3)19-9-8-10-20(28)15-19/h4-15,17-18,25,27,29,31H,16H2,1-3H3. The second-order valence-electron chi connectivity index (χ2n) is 8.25. The highest BCUT2D eigenvalue weighted by Crippen LogP contribution is 2.39. The number of benzene rings is 3. The number of rotatable bonds is 8. The molecule has 0 fully saturated rings. The van der Waals surface area contributed by atoms with Crippen LogP contribution in [0.15, 0.2) is 79.0 Å². The van der Waals surface area contributed by atoms with E-state index < -0.39 is 12.1 Å². The Morgan fingerprint density at radius 1 is 0.969 bits per heavy atom. The molecule has 4 aromatic rings. The zero-order chi connectivity index (χ0) is 22.7. The van der Waals surface area contributed by atoms with E-state index in [2.05, 4.69) is 11.4 Å². The van der Waals surface area contributed by atoms with Gasteiger partial charge in [-0.15, -0.1) is 0 Å². The first-order valence-corrected chi connectivity index (χ1v) is 10.9. The van der Waals surface area contributed by atoms with Gasteiger partial charge >= 0.3 is 0 Å². The Morgan fingerprint density at radius 3 is 2.47 bits per heavy atom. The molecule has 0 aliphatic rings. The number of aromatic nitrogens is 1. The number of nitrogens with zero attached hydrogens (tertiary/aromatic N) is 1. The largest absolute Gasteiger partial charge is 0.490 e. The van der Waals surface area contributed by atoms with Gasteiger partial charge in [-0.05, 0) is 50.7 Å². The number of aliphatic hydroxyl groups is 1. The minimum Gasteiger partial charge on any atom is -0.490 e. The third-order valence-electron chi connectivity index (χ3n) is 5.55. The van der Waals surface area contributed by atoms with Crippen LogP contribution in [0.25, 0.3) is 22.0 Å². The van der Waals surface area contributed by atoms with Gasteiger partial charge in [0.1, 0.15) is 11.6 Å². The second-order valence-corrected chi connectivity index (χ2v) is 8.25. The van der Waals surface area contributed by atoms with Crippen LogP contribution in [-0.2, 0) is 0 Å². The van der Waals surface area contributed by atoms with Crippen LogP contribution in [0.2, 0.25) is 0 Å². The van der Waals surface area contributed by atoms with E-state index in [1.807, 2.05) is 73.1 Å². The fraction of sp³-hybridized carbons (Fsp3) is 0.259. The fourth-order valence-electron chi connectivity index (χ4n) is 4.27. The molecule has 2 atom stereocenters. The lowest BCUT2D eigenvalue weighted by Gasteiger charge is -2.26. The van der Waals surface area contributed by atoms with Crippen molar-refractivity contribution in [3.8, 4) is 16.9 Å². The van der Waals surface area contributed by atoms with Crippen molar-refractivity contribution in [1.82, 2.24) is 9.88 Å². The quantitative estimate of drug-likeness (QED) is 0.392. The van der Waals surface area contributed by atoms with Crippen LogP contribution in [0.3, 0.4) is 0 Å². The summed E-state index contributed by atoms with van der Waals surface area (Å²) >= 11 is 0. The molecule has 0 aliphatic carbocycles. The molecule has 0 saturated carbocycles. The first-order valence-electron chi connectivity index (χ1n) is 10.9. The topological polar surface area (TPSA) is 46.4 Å². The molecule has 1 heterocycles. The van der Waals surface area contributed by atoms with E-state index in [0.29, 0.717) is 12.1 Å². The average molecular weight is 433 g/mol. The molecule has 2 N–H and O–H groups in total. The molecule has 0 spiro atoms. The third kappa shape index (κ3) is 4.40. The summed E-state index contributed by atoms with van der Waals surface area (Å²) in [5.74, 6) is 0.486. The monoisotopic (exact) mass is 432 g/mol. The van der Waals surface area contributed by atoms with Gasteiger partial charge in [-0.3, -0.25) is 0 Å². The molecule has 0 amide bonds. The highest BCUT2D eigenvalue weighted by Gasteiger charge is 2.26. The molecular weight excluding hydrogens is 403 g/mol. The average Bonchev–Trinajstić information content (AvgIpc) is 3.13. The number of halogens is 1. The van der Waals surface area contributed by atoms with E-state index in [4.69, 9.17) is 4.74 Å². The third-order valence-corrected chi connectivity index (χ3v) is 5.55. The molecule has 0 bridgehead atoms. The summed E-state index contributed by atoms with van der Waals surface area (Å²) in [6.45, 7) is 4.39. The van der Waals surface area contributed by atoms with Gasteiger partial charge in [0.15, 0.2) is 0 Å². The number of aliphatic hydroxyl groups excluding tert-OH is 1. The molecule has 4 rings (SSSR count). The smallest absolute Gasteiger partial charge is 0.127 e. The molecule has 0 saturated heterocycles. The van der Waals surface area contributed by atoms with E-state index in [1.165, 1.54) is 12.1 Å². The van der Waals surface area contributed by atoms with Crippen LogP contribution in [0.4, 0.5) is 4.39 Å². The lowest BCUT2D eigenvalue weighted by Crippen LogP contribution is -2.33. The predicted octanol–water partition coefficient (Wildman–Crippen LogP) is 5.40. The predicted molar refractivity (Wildman–Crippen MR) is 128 cm³/mol. The van der Waals surface area contributed by atoms with Crippen molar-refractivity contribution < 1.29 is 14.2 Å². The van der Waals surface area contributed by atoms with Gasteiger partial charge < -0.3 is 19.7 Å². The van der Waals surface area contributed by atoms with Gasteiger partial charge in [0, 0.05) is 34.8 Å². The molecule has 2 unspecified atom stereocenters. The van der Waals surface area contributed by atoms with E-state index in [-0.39, 0.29) is 11.9 Å². The minimum absolute atomic E-state index is 0.0435. The summed E-state index contributed by atoms with van der Waals surface area (Å²) in [4.78, 5) is 0. The highest BCUT2D eigenvalue weighted by molar-refractivity contribution is 5.97. The van der Waals surface area contributed by atoms with E-state index in [9.17, 15) is 9.50 Å². The summed E-state index contributed by atoms with van der Waals surface area (Å²) in [7, 11) is 1.80. The molecule has 1 aromatic heterocycles. The summed E-state index contributed by atoms with van der Waals surface area (Å²) in [5.41, 5.74) is 3.67. The molecule has 0 aliphatic heterocycles. The summed E-state index contributed by atoms with van der Waals surface area (Å²) in [6, 6.07) is 22.1. The first kappa shape index (κ1) is 22.1. The Morgan fingerprint density at radius 2 is 1.72 bits per heavy atom. The van der Waals surface area contributed by atoms with Gasteiger partial charge in [-0.25, -0.2) is 4.39 Å². The van der Waals surface area contributed by atoms with Gasteiger partial charge in [-0.2, -0.15) is 0 Å². The number of para-hydroxylation sites is 2. The summed E-state index contributed by atoms with van der Waals surface area (Å²) in [6.07, 6.45) is 1.33. The van der Waals surface area contributed by atoms with E-state index >= 15 is 0 Å². The summed E-state index contributed by atoms with van der Waals surface area (Å²) in [5, 5.41) is 15.2. The van der Waals surface area contributed by atoms with Gasteiger partial charge in [-0.1, -0.05) is 48.5 Å². The van der Waals surface area contributed by atoms with Crippen molar-refractivity contribution in [2.24, 2.45) is 0 Å². The Bertz CT molecular complexity index is 1200. The molecule has 0 radical (unpaired) electrons. The van der Waals surface area contributed by atoms with E-state index in [0.717, 1.165) is 27.8 Å². The number of likely N-dealkylation sites (N-methyl/N-ethyl adjacent to an activating group) is 1. The Labute approximate surface area is 188 Å². The van der Waals surface area contributed by atoms with E-state index in [1.54, 1.807) is 13.1 Å². The highest BCUT2D eigenvalue weighted by atomic mass is 19.1. The Balaban J connectivity index is 1.94. The van der Waals surface area contributed by atoms with Crippen LogP contribution >= 0.6 is 0 Å². The maximum absolute atomic E-state index is 14.1. The van der Waals surface area contributed by atoms with Crippen molar-refractivity contribution in [3.63, 3.8) is 0 Å². The molecule has 166 valence electrons. The van der Waals surface area contributed by atoms with Crippen LogP contribution in [0.1, 0.15) is 25.5 Å². The molecule has 3 aromatic carbocycles. The van der Waals surface area contributed by atoms with Crippen molar-refractivity contribution in [1.29, 1.82) is 0 Å². The number of hydrogen-bond donors (Lipinski definition) is 2. The number of nitrogens with one attached hydrogen (secondary N) is 1. The van der Waals surface area contributed by atoms with Crippen molar-refractivity contribution >= 4 is 10.9 Å². The Kier molecular flexibility index (Phi) is 6.58. The number of fused-ring (bicyclic) bond motifs is 1. The molecule has 32 heavy (non-hydrogen) atoms. The fourth-order valence-corrected chi connectivity index (χ4v) is 4.27. The van der Waals surface area contributed by atoms with Crippen LogP contribution < -0.4 is 10.1 Å². The van der Waals surface area contributed by atoms with Crippen molar-refractivity contribution in [3.05, 3.63) is 90.4 Å². The second kappa shape index (κ2) is 9.55. The minimum atomic E-state index is -0.757. The zero-order valence-electron chi connectivity index (χ0n) is 18.6. The van der Waals surface area contributed by atoms with Crippen LogP contribution in [0.5, 0.6) is 5.75 Å². The number of ether oxygens (including phenoxy) is 1. The van der Waals surface area contributed by atoms with Gasteiger partial charge in [0.05, 0.1) is 18.2 Å². The lowest BCUT2D eigenvalue weighted by molar-refractivity contribution is 0.132. The normalized spacial score (nSPS) is 13.4. The van der Waals surface area contributed by atoms with Crippen LogP contribution in [-0.4, -0.2) is 35.5 Å². The van der Waals surface area contributed by atoms with Gasteiger partial charge in [0.2, 0.25) is 0 Å². The van der Waals surface area contributed by atoms with Crippen molar-refractivity contribution in [2.75, 3.05) is 13.6 Å². The lowest BCUT2D eigenvalue weighted by atomic mass is 10.0. The first-order chi connectivity index (χ1) is 15.5. The van der Waals surface area contributed by atoms with Gasteiger partial charge in [0.25, 0.3) is 0 Å². The Hall–Kier alpha value is -3.15.